The molecule has 0 N–H and O–H groups in total. The van der Waals surface area contributed by atoms with E-state index in [1.807, 2.05) is 7.11 Å². The van der Waals surface area contributed by atoms with Gasteiger partial charge in [0.25, 0.3) is 0 Å². The smallest absolute Gasteiger partial charge is 0.223 e. The molecule has 0 heterocycles. The van der Waals surface area contributed by atoms with E-state index in [4.69, 9.17) is 8.54 Å². The third-order valence-corrected chi connectivity index (χ3v) is 40.1. The van der Waals surface area contributed by atoms with Gasteiger partial charge in [-0.05, 0) is 31.4 Å². The van der Waals surface area contributed by atoms with E-state index in [9.17, 15) is 0 Å². The highest BCUT2D eigenvalue weighted by Crippen LogP contribution is 2.25. The Hall–Kier alpha value is 0.00753. The molecule has 0 saturated heterocycles. The van der Waals surface area contributed by atoms with Crippen LogP contribution in [0.2, 0.25) is 39.3 Å². The van der Waals surface area contributed by atoms with Crippen molar-refractivity contribution in [3.63, 3.8) is 0 Å². The lowest BCUT2D eigenvalue weighted by Gasteiger charge is -2.45. The Labute approximate surface area is 123 Å². The van der Waals surface area contributed by atoms with Gasteiger partial charge in [0, 0.05) is 7.11 Å². The van der Waals surface area contributed by atoms with E-state index in [0.717, 1.165) is 0 Å². The first-order valence-corrected chi connectivity index (χ1v) is 19.8. The summed E-state index contributed by atoms with van der Waals surface area (Å²) in [4.78, 5) is 0. The number of hydrogen-bond donors (Lipinski definition) is 0. The molecular formula is C13H28O2Si4. The van der Waals surface area contributed by atoms with Crippen LogP contribution in [0.1, 0.15) is 0 Å². The van der Waals surface area contributed by atoms with Crippen LogP contribution in [0.5, 0.6) is 0 Å². The molecule has 0 bridgehead atoms. The Bertz CT molecular complexity index is 399. The fourth-order valence-corrected chi connectivity index (χ4v) is 36.9. The molecule has 2 unspecified atom stereocenters. The highest BCUT2D eigenvalue weighted by atomic mass is 29.6. The number of benzene rings is 1. The summed E-state index contributed by atoms with van der Waals surface area (Å²) in [6.07, 6.45) is 0. The third-order valence-electron chi connectivity index (χ3n) is 4.27. The zero-order valence-corrected chi connectivity index (χ0v) is 17.7. The standard InChI is InChI=1S/C13H28O2Si4/c1-14-19(7,17(4)5)18(6,15-16(2)3)13-11-9-8-10-12-13/h8-12,16-17H,1-7H3. The van der Waals surface area contributed by atoms with E-state index in [0.29, 0.717) is 0 Å². The lowest BCUT2D eigenvalue weighted by molar-refractivity contribution is 0.420. The predicted octanol–water partition coefficient (Wildman–Crippen LogP) is 2.33. The fourth-order valence-electron chi connectivity index (χ4n) is 2.68. The summed E-state index contributed by atoms with van der Waals surface area (Å²) >= 11 is 0. The fraction of sp³-hybridized carbons (Fsp3) is 0.538. The maximum Gasteiger partial charge on any atom is 0.223 e. The van der Waals surface area contributed by atoms with Crippen molar-refractivity contribution in [2.24, 2.45) is 0 Å². The summed E-state index contributed by atoms with van der Waals surface area (Å²) in [5.41, 5.74) is 0. The molecule has 1 aromatic rings. The van der Waals surface area contributed by atoms with Crippen molar-refractivity contribution in [2.75, 3.05) is 7.11 Å². The van der Waals surface area contributed by atoms with Gasteiger partial charge in [-0.25, -0.2) is 0 Å². The molecule has 0 aliphatic rings. The molecule has 2 nitrogen and oxygen atoms in total. The Balaban J connectivity index is 3.35. The van der Waals surface area contributed by atoms with Crippen molar-refractivity contribution in [1.82, 2.24) is 0 Å². The van der Waals surface area contributed by atoms with Gasteiger partial charge in [0.2, 0.25) is 7.83 Å². The third kappa shape index (κ3) is 3.37. The second-order valence-electron chi connectivity index (χ2n) is 6.03. The zero-order chi connectivity index (χ0) is 14.7. The summed E-state index contributed by atoms with van der Waals surface area (Å²) in [5, 5.41) is 1.42. The van der Waals surface area contributed by atoms with Crippen molar-refractivity contribution in [3.8, 4) is 0 Å². The Kier molecular flexibility index (Phi) is 5.96. The molecule has 0 aliphatic carbocycles. The molecule has 0 aromatic heterocycles. The molecule has 0 amide bonds. The molecule has 0 spiro atoms. The van der Waals surface area contributed by atoms with Crippen molar-refractivity contribution in [3.05, 3.63) is 30.3 Å². The van der Waals surface area contributed by atoms with Crippen LogP contribution < -0.4 is 5.19 Å². The summed E-state index contributed by atoms with van der Waals surface area (Å²) < 4.78 is 12.9. The quantitative estimate of drug-likeness (QED) is 0.746. The van der Waals surface area contributed by atoms with Crippen molar-refractivity contribution < 1.29 is 8.54 Å². The van der Waals surface area contributed by atoms with Crippen molar-refractivity contribution in [2.45, 2.75) is 39.3 Å². The molecule has 108 valence electrons. The molecule has 19 heavy (non-hydrogen) atoms. The van der Waals surface area contributed by atoms with E-state index in [1.165, 1.54) is 5.19 Å². The average molecular weight is 329 g/mol. The topological polar surface area (TPSA) is 18.5 Å². The molecule has 6 heteroatoms. The molecule has 1 aromatic carbocycles. The van der Waals surface area contributed by atoms with Gasteiger partial charge in [0.05, 0.1) is 8.31 Å². The maximum atomic E-state index is 6.69. The minimum atomic E-state index is -1.97. The maximum absolute atomic E-state index is 6.69. The van der Waals surface area contributed by atoms with Crippen LogP contribution in [0.4, 0.5) is 0 Å². The summed E-state index contributed by atoms with van der Waals surface area (Å²) in [6.45, 7) is 14.2. The summed E-state index contributed by atoms with van der Waals surface area (Å²) in [5.74, 6) is 0. The monoisotopic (exact) mass is 328 g/mol. The molecule has 1 rings (SSSR count). The van der Waals surface area contributed by atoms with Gasteiger partial charge in [0.15, 0.2) is 16.4 Å². The lowest BCUT2D eigenvalue weighted by atomic mass is 10.4. The van der Waals surface area contributed by atoms with Crippen LogP contribution in [0.25, 0.3) is 0 Å². The normalized spacial score (nSPS) is 18.4. The molecule has 0 aliphatic heterocycles. The van der Waals surface area contributed by atoms with E-state index in [1.54, 1.807) is 0 Å². The first-order valence-electron chi connectivity index (χ1n) is 7.06. The SMILES string of the molecule is CO[Si](C)([SiH](C)C)[Si](C)(O[SiH](C)C)c1ccccc1. The first-order chi connectivity index (χ1) is 8.78. The zero-order valence-electron chi connectivity index (χ0n) is 13.4. The molecular weight excluding hydrogens is 300 g/mol. The summed E-state index contributed by atoms with van der Waals surface area (Å²) in [7, 11) is -3.78. The van der Waals surface area contributed by atoms with Crippen LogP contribution in [0, 0.1) is 0 Å². The van der Waals surface area contributed by atoms with Crippen LogP contribution in [-0.2, 0) is 8.54 Å². The van der Waals surface area contributed by atoms with Crippen molar-refractivity contribution in [1.29, 1.82) is 0 Å². The Morgan fingerprint density at radius 1 is 0.947 bits per heavy atom. The van der Waals surface area contributed by atoms with E-state index in [2.05, 4.69) is 69.6 Å². The Morgan fingerprint density at radius 2 is 1.47 bits per heavy atom. The van der Waals surface area contributed by atoms with Gasteiger partial charge in [-0.1, -0.05) is 43.4 Å². The Morgan fingerprint density at radius 3 is 1.84 bits per heavy atom. The molecule has 2 atom stereocenters. The first kappa shape index (κ1) is 17.1. The van der Waals surface area contributed by atoms with Crippen LogP contribution in [0.15, 0.2) is 30.3 Å². The van der Waals surface area contributed by atoms with Crippen molar-refractivity contribution >= 4 is 37.7 Å². The molecule has 0 radical (unpaired) electrons. The largest absolute Gasteiger partial charge is 0.455 e. The van der Waals surface area contributed by atoms with Gasteiger partial charge >= 0.3 is 0 Å². The van der Waals surface area contributed by atoms with Gasteiger partial charge in [-0.3, -0.25) is 0 Å². The van der Waals surface area contributed by atoms with Crippen LogP contribution in [-0.4, -0.2) is 39.7 Å². The summed E-state index contributed by atoms with van der Waals surface area (Å²) in [6, 6.07) is 10.9. The second kappa shape index (κ2) is 6.64. The van der Waals surface area contributed by atoms with E-state index < -0.39 is 32.5 Å². The minimum Gasteiger partial charge on any atom is -0.455 e. The van der Waals surface area contributed by atoms with Gasteiger partial charge in [0.1, 0.15) is 0 Å². The predicted molar refractivity (Wildman–Crippen MR) is 95.2 cm³/mol. The number of rotatable bonds is 6. The van der Waals surface area contributed by atoms with Gasteiger partial charge < -0.3 is 8.54 Å². The average Bonchev–Trinajstić information content (AvgIpc) is 2.37. The highest BCUT2D eigenvalue weighted by Gasteiger charge is 2.55. The highest BCUT2D eigenvalue weighted by molar-refractivity contribution is 7.63. The minimum absolute atomic E-state index is 0.879. The van der Waals surface area contributed by atoms with Crippen LogP contribution in [0.3, 0.4) is 0 Å². The van der Waals surface area contributed by atoms with Gasteiger partial charge in [-0.2, -0.15) is 0 Å². The van der Waals surface area contributed by atoms with E-state index in [-0.39, 0.29) is 0 Å². The number of hydrogen-bond acceptors (Lipinski definition) is 2. The second-order valence-corrected chi connectivity index (χ2v) is 31.0. The van der Waals surface area contributed by atoms with Gasteiger partial charge in [-0.15, -0.1) is 0 Å². The van der Waals surface area contributed by atoms with E-state index >= 15 is 0 Å². The lowest BCUT2D eigenvalue weighted by Crippen LogP contribution is -2.76. The van der Waals surface area contributed by atoms with Crippen LogP contribution >= 0.6 is 0 Å². The molecule has 0 saturated carbocycles. The molecule has 0 fully saturated rings.